The third-order valence-electron chi connectivity index (χ3n) is 3.07. The van der Waals surface area contributed by atoms with Crippen LogP contribution in [0.15, 0.2) is 12.1 Å². The SMILES string of the molecule is O[C@@H]1CCCC[C@H]1Nc1cc(Cl)c(F)c(Cl)c1. The van der Waals surface area contributed by atoms with E-state index in [4.69, 9.17) is 23.2 Å². The first kappa shape index (κ1) is 12.9. The van der Waals surface area contributed by atoms with Gasteiger partial charge >= 0.3 is 0 Å². The summed E-state index contributed by atoms with van der Waals surface area (Å²) in [5.74, 6) is -0.608. The minimum absolute atomic E-state index is 0.00898. The van der Waals surface area contributed by atoms with E-state index in [-0.39, 0.29) is 22.2 Å². The van der Waals surface area contributed by atoms with Gasteiger partial charge in [0.1, 0.15) is 0 Å². The summed E-state index contributed by atoms with van der Waals surface area (Å²) in [5, 5.41) is 13.0. The fourth-order valence-electron chi connectivity index (χ4n) is 2.13. The molecule has 0 aromatic heterocycles. The molecule has 0 saturated heterocycles. The molecule has 0 unspecified atom stereocenters. The fourth-order valence-corrected chi connectivity index (χ4v) is 2.62. The topological polar surface area (TPSA) is 32.3 Å². The Morgan fingerprint density at radius 2 is 1.76 bits per heavy atom. The van der Waals surface area contributed by atoms with Crippen molar-refractivity contribution in [1.29, 1.82) is 0 Å². The standard InChI is InChI=1S/C12H14Cl2FNO/c13-8-5-7(6-9(14)12(8)15)16-10-3-1-2-4-11(10)17/h5-6,10-11,16-17H,1-4H2/t10-,11-/m1/s1. The van der Waals surface area contributed by atoms with Crippen LogP contribution >= 0.6 is 23.2 Å². The van der Waals surface area contributed by atoms with Crippen molar-refractivity contribution in [2.24, 2.45) is 0 Å². The zero-order chi connectivity index (χ0) is 12.4. The predicted octanol–water partition coefficient (Wildman–Crippen LogP) is 3.85. The van der Waals surface area contributed by atoms with Gasteiger partial charge in [0.15, 0.2) is 5.82 Å². The molecule has 1 aromatic carbocycles. The molecule has 1 fully saturated rings. The first-order chi connectivity index (χ1) is 8.08. The van der Waals surface area contributed by atoms with Crippen molar-refractivity contribution < 1.29 is 9.50 Å². The average molecular weight is 278 g/mol. The number of anilines is 1. The van der Waals surface area contributed by atoms with Gasteiger partial charge in [0.05, 0.1) is 22.2 Å². The summed E-state index contributed by atoms with van der Waals surface area (Å²) in [6.45, 7) is 0. The molecule has 1 aromatic rings. The number of halogens is 3. The first-order valence-electron chi connectivity index (χ1n) is 5.67. The van der Waals surface area contributed by atoms with Crippen LogP contribution in [0.2, 0.25) is 10.0 Å². The van der Waals surface area contributed by atoms with Crippen LogP contribution in [0.1, 0.15) is 25.7 Å². The molecular weight excluding hydrogens is 264 g/mol. The van der Waals surface area contributed by atoms with E-state index in [2.05, 4.69) is 5.32 Å². The maximum absolute atomic E-state index is 13.2. The molecule has 0 aliphatic heterocycles. The van der Waals surface area contributed by atoms with Crippen molar-refractivity contribution in [2.45, 2.75) is 37.8 Å². The molecule has 0 radical (unpaired) electrons. The molecule has 94 valence electrons. The highest BCUT2D eigenvalue weighted by Crippen LogP contribution is 2.29. The minimum atomic E-state index is -0.608. The predicted molar refractivity (Wildman–Crippen MR) is 68.3 cm³/mol. The van der Waals surface area contributed by atoms with Gasteiger partial charge in [-0.15, -0.1) is 0 Å². The van der Waals surface area contributed by atoms with Gasteiger partial charge in [0, 0.05) is 5.69 Å². The summed E-state index contributed by atoms with van der Waals surface area (Å²) in [6, 6.07) is 2.97. The lowest BCUT2D eigenvalue weighted by molar-refractivity contribution is 0.116. The van der Waals surface area contributed by atoms with Gasteiger partial charge in [-0.05, 0) is 25.0 Å². The highest BCUT2D eigenvalue weighted by molar-refractivity contribution is 6.35. The number of benzene rings is 1. The van der Waals surface area contributed by atoms with Crippen LogP contribution in [0.25, 0.3) is 0 Å². The van der Waals surface area contributed by atoms with Gasteiger partial charge in [-0.1, -0.05) is 36.0 Å². The van der Waals surface area contributed by atoms with Crippen LogP contribution in [0.3, 0.4) is 0 Å². The molecule has 17 heavy (non-hydrogen) atoms. The van der Waals surface area contributed by atoms with Gasteiger partial charge in [-0.3, -0.25) is 0 Å². The van der Waals surface area contributed by atoms with Gasteiger partial charge in [-0.25, -0.2) is 4.39 Å². The second-order valence-corrected chi connectivity index (χ2v) is 5.17. The van der Waals surface area contributed by atoms with E-state index in [1.165, 1.54) is 12.1 Å². The zero-order valence-electron chi connectivity index (χ0n) is 9.22. The third-order valence-corrected chi connectivity index (χ3v) is 3.62. The van der Waals surface area contributed by atoms with E-state index >= 15 is 0 Å². The monoisotopic (exact) mass is 277 g/mol. The number of nitrogens with one attached hydrogen (secondary N) is 1. The van der Waals surface area contributed by atoms with Crippen LogP contribution in [0, 0.1) is 5.82 Å². The third kappa shape index (κ3) is 3.03. The Bertz CT molecular complexity index is 390. The van der Waals surface area contributed by atoms with Crippen molar-refractivity contribution in [1.82, 2.24) is 0 Å². The van der Waals surface area contributed by atoms with Crippen molar-refractivity contribution in [3.05, 3.63) is 28.0 Å². The van der Waals surface area contributed by atoms with Gasteiger partial charge < -0.3 is 10.4 Å². The van der Waals surface area contributed by atoms with Crippen LogP contribution in [-0.4, -0.2) is 17.3 Å². The summed E-state index contributed by atoms with van der Waals surface area (Å²) >= 11 is 11.4. The first-order valence-corrected chi connectivity index (χ1v) is 6.42. The van der Waals surface area contributed by atoms with Crippen molar-refractivity contribution in [3.8, 4) is 0 Å². The Balaban J connectivity index is 2.12. The quantitative estimate of drug-likeness (QED) is 0.805. The van der Waals surface area contributed by atoms with E-state index in [1.54, 1.807) is 0 Å². The largest absolute Gasteiger partial charge is 0.391 e. The molecule has 2 nitrogen and oxygen atoms in total. The molecule has 0 spiro atoms. The van der Waals surface area contributed by atoms with Crippen molar-refractivity contribution in [3.63, 3.8) is 0 Å². The van der Waals surface area contributed by atoms with Crippen LogP contribution in [-0.2, 0) is 0 Å². The van der Waals surface area contributed by atoms with Crippen LogP contribution < -0.4 is 5.32 Å². The molecule has 0 heterocycles. The Morgan fingerprint density at radius 3 is 2.35 bits per heavy atom. The summed E-state index contributed by atoms with van der Waals surface area (Å²) in [7, 11) is 0. The highest BCUT2D eigenvalue weighted by Gasteiger charge is 2.23. The molecule has 2 atom stereocenters. The Labute approximate surface area is 110 Å². The lowest BCUT2D eigenvalue weighted by atomic mass is 9.92. The van der Waals surface area contributed by atoms with E-state index < -0.39 is 5.82 Å². The lowest BCUT2D eigenvalue weighted by Crippen LogP contribution is -2.36. The fraction of sp³-hybridized carbons (Fsp3) is 0.500. The smallest absolute Gasteiger partial charge is 0.160 e. The van der Waals surface area contributed by atoms with Gasteiger partial charge in [0.2, 0.25) is 0 Å². The normalized spacial score (nSPS) is 24.7. The van der Waals surface area contributed by atoms with Crippen molar-refractivity contribution >= 4 is 28.9 Å². The second-order valence-electron chi connectivity index (χ2n) is 4.36. The highest BCUT2D eigenvalue weighted by atomic mass is 35.5. The molecule has 1 aliphatic rings. The molecule has 2 rings (SSSR count). The molecule has 0 bridgehead atoms. The maximum Gasteiger partial charge on any atom is 0.160 e. The molecule has 5 heteroatoms. The van der Waals surface area contributed by atoms with E-state index in [0.717, 1.165) is 25.7 Å². The van der Waals surface area contributed by atoms with E-state index in [9.17, 15) is 9.50 Å². The van der Waals surface area contributed by atoms with E-state index in [1.807, 2.05) is 0 Å². The molecule has 1 saturated carbocycles. The number of aliphatic hydroxyl groups excluding tert-OH is 1. The average Bonchev–Trinajstić information content (AvgIpc) is 2.29. The molecular formula is C12H14Cl2FNO. The van der Waals surface area contributed by atoms with Gasteiger partial charge in [0.25, 0.3) is 0 Å². The van der Waals surface area contributed by atoms with Crippen LogP contribution in [0.4, 0.5) is 10.1 Å². The minimum Gasteiger partial charge on any atom is -0.391 e. The van der Waals surface area contributed by atoms with E-state index in [0.29, 0.717) is 5.69 Å². The van der Waals surface area contributed by atoms with Crippen molar-refractivity contribution in [2.75, 3.05) is 5.32 Å². The number of hydrogen-bond donors (Lipinski definition) is 2. The Morgan fingerprint density at radius 1 is 1.18 bits per heavy atom. The summed E-state index contributed by atoms with van der Waals surface area (Å²) in [5.41, 5.74) is 0.646. The molecule has 2 N–H and O–H groups in total. The Hall–Kier alpha value is -0.510. The zero-order valence-corrected chi connectivity index (χ0v) is 10.7. The summed E-state index contributed by atoms with van der Waals surface area (Å²) in [4.78, 5) is 0. The maximum atomic E-state index is 13.2. The summed E-state index contributed by atoms with van der Waals surface area (Å²) < 4.78 is 13.2. The lowest BCUT2D eigenvalue weighted by Gasteiger charge is -2.29. The number of rotatable bonds is 2. The molecule has 0 amide bonds. The number of hydrogen-bond acceptors (Lipinski definition) is 2. The van der Waals surface area contributed by atoms with Gasteiger partial charge in [-0.2, -0.15) is 0 Å². The number of aliphatic hydroxyl groups is 1. The summed E-state index contributed by atoms with van der Waals surface area (Å²) in [6.07, 6.45) is 3.45. The second kappa shape index (κ2) is 5.42. The molecule has 1 aliphatic carbocycles. The van der Waals surface area contributed by atoms with Crippen LogP contribution in [0.5, 0.6) is 0 Å². The Kier molecular flexibility index (Phi) is 4.13.